The Kier molecular flexibility index (Phi) is 5.80. The van der Waals surface area contributed by atoms with Crippen LogP contribution in [0.2, 0.25) is 5.02 Å². The molecule has 0 aromatic heterocycles. The van der Waals surface area contributed by atoms with Crippen LogP contribution in [0.25, 0.3) is 0 Å². The van der Waals surface area contributed by atoms with E-state index in [-0.39, 0.29) is 5.02 Å². The Bertz CT molecular complexity index is 1330. The van der Waals surface area contributed by atoms with E-state index in [0.717, 1.165) is 5.56 Å². The Morgan fingerprint density at radius 1 is 1.14 bits per heavy atom. The van der Waals surface area contributed by atoms with E-state index >= 15 is 0 Å². The van der Waals surface area contributed by atoms with Crippen molar-refractivity contribution in [2.45, 2.75) is 50.8 Å². The van der Waals surface area contributed by atoms with Gasteiger partial charge in [0, 0.05) is 11.4 Å². The first-order valence-corrected chi connectivity index (χ1v) is 12.0. The second-order valence-corrected chi connectivity index (χ2v) is 10.2. The van der Waals surface area contributed by atoms with Gasteiger partial charge in [-0.1, -0.05) is 54.1 Å². The molecule has 0 radical (unpaired) electrons. The van der Waals surface area contributed by atoms with Gasteiger partial charge in [-0.2, -0.15) is 0 Å². The third-order valence-corrected chi connectivity index (χ3v) is 6.99. The lowest BCUT2D eigenvalue weighted by molar-refractivity contribution is -0.123. The number of ether oxygens (including phenoxy) is 1. The average molecular weight is 493 g/mol. The van der Waals surface area contributed by atoms with Crippen LogP contribution in [-0.2, 0) is 17.6 Å². The van der Waals surface area contributed by atoms with Gasteiger partial charge in [-0.25, -0.2) is 4.39 Å². The van der Waals surface area contributed by atoms with E-state index < -0.39 is 35.3 Å². The van der Waals surface area contributed by atoms with Crippen molar-refractivity contribution in [3.8, 4) is 5.75 Å². The molecule has 1 heterocycles. The third kappa shape index (κ3) is 4.16. The first-order chi connectivity index (χ1) is 16.7. The molecule has 2 N–H and O–H groups in total. The Morgan fingerprint density at radius 2 is 1.89 bits per heavy atom. The second kappa shape index (κ2) is 8.68. The summed E-state index contributed by atoms with van der Waals surface area (Å²) in [6.45, 7) is 3.93. The number of carbonyl (C=O) groups is 2. The molecule has 2 atom stereocenters. The van der Waals surface area contributed by atoms with Gasteiger partial charge in [-0.05, 0) is 67.1 Å². The van der Waals surface area contributed by atoms with Gasteiger partial charge in [0.1, 0.15) is 23.2 Å². The molecule has 7 heteroatoms. The van der Waals surface area contributed by atoms with E-state index in [4.69, 9.17) is 22.1 Å². The maximum absolute atomic E-state index is 14.8. The fourth-order valence-electron chi connectivity index (χ4n) is 5.37. The summed E-state index contributed by atoms with van der Waals surface area (Å²) < 4.78 is 20.9. The van der Waals surface area contributed by atoms with Gasteiger partial charge in [-0.3, -0.25) is 9.59 Å². The zero-order valence-electron chi connectivity index (χ0n) is 19.6. The minimum absolute atomic E-state index is 0.238. The van der Waals surface area contributed by atoms with Crippen LogP contribution in [0.3, 0.4) is 0 Å². The molecule has 0 fully saturated rings. The number of nitrogens with zero attached hydrogens (tertiary/aromatic N) is 1. The zero-order chi connectivity index (χ0) is 24.9. The molecule has 35 heavy (non-hydrogen) atoms. The minimum Gasteiger partial charge on any atom is -0.486 e. The monoisotopic (exact) mass is 492 g/mol. The number of hydrogen-bond acceptors (Lipinski definition) is 3. The van der Waals surface area contributed by atoms with Crippen molar-refractivity contribution in [2.75, 3.05) is 0 Å². The molecule has 1 aliphatic heterocycles. The van der Waals surface area contributed by atoms with Gasteiger partial charge >= 0.3 is 0 Å². The van der Waals surface area contributed by atoms with Gasteiger partial charge in [0.05, 0.1) is 11.6 Å². The van der Waals surface area contributed by atoms with Crippen molar-refractivity contribution >= 4 is 23.4 Å². The number of benzene rings is 3. The van der Waals surface area contributed by atoms with E-state index in [2.05, 4.69) is 0 Å². The van der Waals surface area contributed by atoms with E-state index in [0.29, 0.717) is 47.3 Å². The average Bonchev–Trinajstić information content (AvgIpc) is 3.36. The highest BCUT2D eigenvalue weighted by atomic mass is 35.5. The van der Waals surface area contributed by atoms with Crippen LogP contribution in [0.1, 0.15) is 65.0 Å². The summed E-state index contributed by atoms with van der Waals surface area (Å²) in [7, 11) is 0. The zero-order valence-corrected chi connectivity index (χ0v) is 20.3. The van der Waals surface area contributed by atoms with Crippen molar-refractivity contribution in [2.24, 2.45) is 5.73 Å². The largest absolute Gasteiger partial charge is 0.486 e. The van der Waals surface area contributed by atoms with Gasteiger partial charge in [-0.15, -0.1) is 0 Å². The van der Waals surface area contributed by atoms with Gasteiger partial charge < -0.3 is 15.4 Å². The fourth-order valence-corrected chi connectivity index (χ4v) is 5.58. The topological polar surface area (TPSA) is 72.6 Å². The molecule has 5 rings (SSSR count). The van der Waals surface area contributed by atoms with Gasteiger partial charge in [0.2, 0.25) is 5.91 Å². The SMILES string of the molecule is CC1(C)Cc2cccc(C(=O)N([C@@H]3CCc4c(F)cc(Cl)cc43)[C@@H](C(N)=O)c3ccccc3)c2O1. The standard InChI is InChI=1S/C28H26ClFN2O3/c1-28(2)15-17-9-6-10-20(25(17)35-28)27(34)32(24(26(31)33)16-7-4-3-5-8-16)23-12-11-19-21(23)13-18(29)14-22(19)30/h3-10,13-14,23-24H,11-12,15H2,1-2H3,(H2,31,33)/t23-,24-/m1/s1. The Morgan fingerprint density at radius 3 is 2.60 bits per heavy atom. The summed E-state index contributed by atoms with van der Waals surface area (Å²) in [6, 6.07) is 15.7. The quantitative estimate of drug-likeness (QED) is 0.507. The number of fused-ring (bicyclic) bond motifs is 2. The maximum atomic E-state index is 14.8. The molecule has 0 saturated carbocycles. The van der Waals surface area contributed by atoms with Crippen molar-refractivity contribution in [1.29, 1.82) is 0 Å². The summed E-state index contributed by atoms with van der Waals surface area (Å²) in [4.78, 5) is 28.7. The van der Waals surface area contributed by atoms with Crippen LogP contribution in [0.4, 0.5) is 4.39 Å². The van der Waals surface area contributed by atoms with Crippen LogP contribution in [0.5, 0.6) is 5.75 Å². The molecule has 0 spiro atoms. The van der Waals surface area contributed by atoms with E-state index in [9.17, 15) is 14.0 Å². The third-order valence-electron chi connectivity index (χ3n) is 6.78. The smallest absolute Gasteiger partial charge is 0.259 e. The predicted molar refractivity (Wildman–Crippen MR) is 132 cm³/mol. The van der Waals surface area contributed by atoms with Crippen molar-refractivity contribution < 1.29 is 18.7 Å². The molecule has 3 aromatic carbocycles. The molecule has 180 valence electrons. The summed E-state index contributed by atoms with van der Waals surface area (Å²) in [6.07, 6.45) is 1.52. The van der Waals surface area contributed by atoms with Crippen LogP contribution in [-0.4, -0.2) is 22.3 Å². The number of carbonyl (C=O) groups excluding carboxylic acids is 2. The summed E-state index contributed by atoms with van der Waals surface area (Å²) in [5.74, 6) is -0.970. The lowest BCUT2D eigenvalue weighted by Gasteiger charge is -2.36. The summed E-state index contributed by atoms with van der Waals surface area (Å²) in [5.41, 5.74) is 8.43. The highest BCUT2D eigenvalue weighted by molar-refractivity contribution is 6.30. The first-order valence-electron chi connectivity index (χ1n) is 11.6. The van der Waals surface area contributed by atoms with Crippen molar-refractivity contribution in [1.82, 2.24) is 4.90 Å². The van der Waals surface area contributed by atoms with Crippen LogP contribution in [0.15, 0.2) is 60.7 Å². The molecule has 5 nitrogen and oxygen atoms in total. The molecule has 0 saturated heterocycles. The summed E-state index contributed by atoms with van der Waals surface area (Å²) >= 11 is 6.21. The maximum Gasteiger partial charge on any atom is 0.259 e. The Hall–Kier alpha value is -3.38. The minimum atomic E-state index is -1.06. The number of para-hydroxylation sites is 1. The number of primary amides is 1. The highest BCUT2D eigenvalue weighted by Crippen LogP contribution is 2.45. The normalized spacial score (nSPS) is 18.3. The molecular weight excluding hydrogens is 467 g/mol. The van der Waals surface area contributed by atoms with Crippen LogP contribution in [0, 0.1) is 5.82 Å². The second-order valence-electron chi connectivity index (χ2n) is 9.77. The molecule has 0 unspecified atom stereocenters. The van der Waals surface area contributed by atoms with Gasteiger partial charge in [0.15, 0.2) is 0 Å². The van der Waals surface area contributed by atoms with E-state index in [1.807, 2.05) is 32.0 Å². The van der Waals surface area contributed by atoms with Crippen LogP contribution >= 0.6 is 11.6 Å². The number of halogens is 2. The molecule has 2 amide bonds. The number of hydrogen-bond donors (Lipinski definition) is 1. The highest BCUT2D eigenvalue weighted by Gasteiger charge is 2.42. The molecule has 2 aliphatic rings. The van der Waals surface area contributed by atoms with Gasteiger partial charge in [0.25, 0.3) is 5.91 Å². The summed E-state index contributed by atoms with van der Waals surface area (Å²) in [5, 5.41) is 0.238. The van der Waals surface area contributed by atoms with E-state index in [1.54, 1.807) is 36.4 Å². The van der Waals surface area contributed by atoms with Crippen molar-refractivity contribution in [3.05, 3.63) is 99.3 Å². The number of amides is 2. The van der Waals surface area contributed by atoms with E-state index in [1.165, 1.54) is 11.0 Å². The lowest BCUT2D eigenvalue weighted by Crippen LogP contribution is -2.43. The molecular formula is C28H26ClFN2O3. The molecule has 0 bridgehead atoms. The fraction of sp³-hybridized carbons (Fsp3) is 0.286. The molecule has 1 aliphatic carbocycles. The van der Waals surface area contributed by atoms with Crippen LogP contribution < -0.4 is 10.5 Å². The van der Waals surface area contributed by atoms with Crippen molar-refractivity contribution in [3.63, 3.8) is 0 Å². The lowest BCUT2D eigenvalue weighted by atomic mass is 9.96. The number of nitrogens with two attached hydrogens (primary N) is 1. The Labute approximate surface area is 208 Å². The number of rotatable bonds is 5. The predicted octanol–water partition coefficient (Wildman–Crippen LogP) is 5.55. The molecule has 3 aromatic rings. The Balaban J connectivity index is 1.68. The first kappa shape index (κ1) is 23.4.